The van der Waals surface area contributed by atoms with Crippen LogP contribution in [-0.4, -0.2) is 48.6 Å². The summed E-state index contributed by atoms with van der Waals surface area (Å²) in [4.78, 5) is 26.3. The molecular formula is C21H24N2O4. The van der Waals surface area contributed by atoms with Crippen LogP contribution in [0, 0.1) is 0 Å². The van der Waals surface area contributed by atoms with E-state index in [1.807, 2.05) is 30.3 Å². The number of β-amino-alcohol motifs (C(OH)–C–C–N with tert-alkyl or cyclic N) is 1. The maximum Gasteiger partial charge on any atom is 0.251 e. The van der Waals surface area contributed by atoms with Gasteiger partial charge in [-0.2, -0.15) is 0 Å². The largest absolute Gasteiger partial charge is 0.497 e. The minimum Gasteiger partial charge on any atom is -0.497 e. The van der Waals surface area contributed by atoms with Crippen LogP contribution in [-0.2, 0) is 10.4 Å². The summed E-state index contributed by atoms with van der Waals surface area (Å²) < 4.78 is 5.11. The molecule has 0 aliphatic carbocycles. The topological polar surface area (TPSA) is 78.9 Å². The number of nitrogens with one attached hydrogen (secondary N) is 1. The van der Waals surface area contributed by atoms with Crippen LogP contribution in [0.25, 0.3) is 0 Å². The van der Waals surface area contributed by atoms with Crippen LogP contribution >= 0.6 is 0 Å². The number of nitrogens with zero attached hydrogens (tertiary/aromatic N) is 1. The third kappa shape index (κ3) is 4.46. The van der Waals surface area contributed by atoms with E-state index in [4.69, 9.17) is 4.74 Å². The van der Waals surface area contributed by atoms with Crippen molar-refractivity contribution in [1.82, 2.24) is 10.2 Å². The van der Waals surface area contributed by atoms with Gasteiger partial charge in [-0.15, -0.1) is 0 Å². The Morgan fingerprint density at radius 2 is 1.96 bits per heavy atom. The first-order valence-electron chi connectivity index (χ1n) is 9.00. The Kier molecular flexibility index (Phi) is 5.76. The van der Waals surface area contributed by atoms with E-state index < -0.39 is 5.60 Å². The number of likely N-dealkylation sites (tertiary alicyclic amines) is 1. The Morgan fingerprint density at radius 3 is 2.70 bits per heavy atom. The number of amides is 2. The van der Waals surface area contributed by atoms with E-state index in [9.17, 15) is 14.7 Å². The minimum atomic E-state index is -0.999. The lowest BCUT2D eigenvalue weighted by molar-refractivity contribution is -0.131. The maximum atomic E-state index is 12.4. The maximum absolute atomic E-state index is 12.4. The molecule has 1 unspecified atom stereocenters. The number of hydrogen-bond donors (Lipinski definition) is 2. The van der Waals surface area contributed by atoms with Gasteiger partial charge in [0.05, 0.1) is 13.7 Å². The Hall–Kier alpha value is -2.86. The van der Waals surface area contributed by atoms with E-state index in [2.05, 4.69) is 5.32 Å². The molecule has 1 fully saturated rings. The van der Waals surface area contributed by atoms with Gasteiger partial charge in [-0.3, -0.25) is 9.59 Å². The number of carbonyl (C=O) groups excluding carboxylic acids is 2. The van der Waals surface area contributed by atoms with E-state index in [1.165, 1.54) is 0 Å². The highest BCUT2D eigenvalue weighted by Gasteiger charge is 2.39. The summed E-state index contributed by atoms with van der Waals surface area (Å²) in [6.45, 7) is 1.03. The Morgan fingerprint density at radius 1 is 1.19 bits per heavy atom. The molecule has 2 N–H and O–H groups in total. The van der Waals surface area contributed by atoms with Crippen LogP contribution in [0.15, 0.2) is 54.6 Å². The molecule has 27 heavy (non-hydrogen) atoms. The lowest BCUT2D eigenvalue weighted by Gasteiger charge is -2.24. The molecule has 1 heterocycles. The number of ether oxygens (including phenoxy) is 1. The van der Waals surface area contributed by atoms with E-state index in [-0.39, 0.29) is 31.3 Å². The molecule has 1 aliphatic rings. The van der Waals surface area contributed by atoms with Gasteiger partial charge in [0, 0.05) is 25.1 Å². The third-order valence-electron chi connectivity index (χ3n) is 4.87. The van der Waals surface area contributed by atoms with Crippen molar-refractivity contribution in [2.45, 2.75) is 18.4 Å². The van der Waals surface area contributed by atoms with Crippen molar-refractivity contribution < 1.29 is 19.4 Å². The van der Waals surface area contributed by atoms with Crippen molar-refractivity contribution in [3.05, 3.63) is 65.7 Å². The lowest BCUT2D eigenvalue weighted by Crippen LogP contribution is -2.36. The molecule has 0 aromatic heterocycles. The third-order valence-corrected chi connectivity index (χ3v) is 4.87. The molecule has 0 saturated carbocycles. The van der Waals surface area contributed by atoms with Gasteiger partial charge in [0.1, 0.15) is 11.4 Å². The average molecular weight is 368 g/mol. The van der Waals surface area contributed by atoms with Crippen LogP contribution in [0.5, 0.6) is 5.75 Å². The Labute approximate surface area is 158 Å². The molecule has 0 bridgehead atoms. The highest BCUT2D eigenvalue weighted by molar-refractivity contribution is 5.94. The molecule has 0 radical (unpaired) electrons. The van der Waals surface area contributed by atoms with Crippen molar-refractivity contribution in [1.29, 1.82) is 0 Å². The number of hydrogen-bond acceptors (Lipinski definition) is 4. The fourth-order valence-corrected chi connectivity index (χ4v) is 3.30. The van der Waals surface area contributed by atoms with Crippen molar-refractivity contribution in [3.8, 4) is 5.75 Å². The fourth-order valence-electron chi connectivity index (χ4n) is 3.30. The van der Waals surface area contributed by atoms with Gasteiger partial charge in [0.2, 0.25) is 5.91 Å². The molecule has 2 aromatic rings. The molecule has 6 heteroatoms. The minimum absolute atomic E-state index is 0.0761. The van der Waals surface area contributed by atoms with Crippen LogP contribution < -0.4 is 10.1 Å². The van der Waals surface area contributed by atoms with Crippen LogP contribution in [0.1, 0.15) is 28.8 Å². The quantitative estimate of drug-likeness (QED) is 0.817. The fraction of sp³-hybridized carbons (Fsp3) is 0.333. The van der Waals surface area contributed by atoms with Gasteiger partial charge in [-0.25, -0.2) is 0 Å². The summed E-state index contributed by atoms with van der Waals surface area (Å²) in [6, 6.07) is 16.3. The average Bonchev–Trinajstić information content (AvgIpc) is 3.12. The summed E-state index contributed by atoms with van der Waals surface area (Å²) in [5.74, 6) is 0.285. The Bertz CT molecular complexity index is 809. The Balaban J connectivity index is 1.49. The second kappa shape index (κ2) is 8.22. The standard InChI is InChI=1S/C21H24N2O4/c1-27-18-9-5-6-16(14-18)20(25)22-12-10-19(24)23-13-11-21(26,15-23)17-7-3-2-4-8-17/h2-9,14,26H,10-13,15H2,1H3,(H,22,25). The second-order valence-corrected chi connectivity index (χ2v) is 6.70. The first-order valence-corrected chi connectivity index (χ1v) is 9.00. The molecule has 2 aromatic carbocycles. The van der Waals surface area contributed by atoms with E-state index in [0.717, 1.165) is 5.56 Å². The summed E-state index contributed by atoms with van der Waals surface area (Å²) in [7, 11) is 1.54. The highest BCUT2D eigenvalue weighted by Crippen LogP contribution is 2.31. The van der Waals surface area contributed by atoms with Gasteiger partial charge in [0.25, 0.3) is 5.91 Å². The molecule has 0 spiro atoms. The summed E-state index contributed by atoms with van der Waals surface area (Å²) >= 11 is 0. The molecule has 2 amide bonds. The lowest BCUT2D eigenvalue weighted by atomic mass is 9.93. The zero-order valence-corrected chi connectivity index (χ0v) is 15.4. The molecule has 6 nitrogen and oxygen atoms in total. The summed E-state index contributed by atoms with van der Waals surface area (Å²) in [5.41, 5.74) is 0.314. The van der Waals surface area contributed by atoms with Crippen LogP contribution in [0.4, 0.5) is 0 Å². The van der Waals surface area contributed by atoms with E-state index >= 15 is 0 Å². The van der Waals surface area contributed by atoms with Gasteiger partial charge in [-0.05, 0) is 30.2 Å². The molecule has 1 atom stereocenters. The number of methoxy groups -OCH3 is 1. The predicted molar refractivity (Wildman–Crippen MR) is 101 cm³/mol. The number of carbonyl (C=O) groups is 2. The molecule has 3 rings (SSSR count). The number of aliphatic hydroxyl groups is 1. The molecule has 142 valence electrons. The van der Waals surface area contributed by atoms with E-state index in [0.29, 0.717) is 24.3 Å². The predicted octanol–water partition coefficient (Wildman–Crippen LogP) is 1.94. The first-order chi connectivity index (χ1) is 13.0. The normalized spacial score (nSPS) is 19.0. The van der Waals surface area contributed by atoms with Gasteiger partial charge in [-0.1, -0.05) is 36.4 Å². The zero-order chi connectivity index (χ0) is 19.3. The van der Waals surface area contributed by atoms with Crippen LogP contribution in [0.3, 0.4) is 0 Å². The SMILES string of the molecule is COc1cccc(C(=O)NCCC(=O)N2CCC(O)(c3ccccc3)C2)c1. The van der Waals surface area contributed by atoms with E-state index in [1.54, 1.807) is 36.3 Å². The van der Waals surface area contributed by atoms with Gasteiger partial charge >= 0.3 is 0 Å². The van der Waals surface area contributed by atoms with Crippen molar-refractivity contribution >= 4 is 11.8 Å². The molecule has 1 aliphatic heterocycles. The van der Waals surface area contributed by atoms with Crippen molar-refractivity contribution in [2.24, 2.45) is 0 Å². The molecular weight excluding hydrogens is 344 g/mol. The zero-order valence-electron chi connectivity index (χ0n) is 15.4. The van der Waals surface area contributed by atoms with Crippen molar-refractivity contribution in [3.63, 3.8) is 0 Å². The summed E-state index contributed by atoms with van der Waals surface area (Å²) in [6.07, 6.45) is 0.708. The van der Waals surface area contributed by atoms with Crippen LogP contribution in [0.2, 0.25) is 0 Å². The molecule has 1 saturated heterocycles. The second-order valence-electron chi connectivity index (χ2n) is 6.70. The van der Waals surface area contributed by atoms with Gasteiger partial charge < -0.3 is 20.1 Å². The smallest absolute Gasteiger partial charge is 0.251 e. The number of benzene rings is 2. The first kappa shape index (κ1) is 18.9. The highest BCUT2D eigenvalue weighted by atomic mass is 16.5. The van der Waals surface area contributed by atoms with Crippen molar-refractivity contribution in [2.75, 3.05) is 26.7 Å². The monoisotopic (exact) mass is 368 g/mol. The number of rotatable bonds is 6. The van der Waals surface area contributed by atoms with Gasteiger partial charge in [0.15, 0.2) is 0 Å². The summed E-state index contributed by atoms with van der Waals surface area (Å²) in [5, 5.41) is 13.6.